The number of hydrogen-bond donors (Lipinski definition) is 1. The highest BCUT2D eigenvalue weighted by Crippen LogP contribution is 2.23. The van der Waals surface area contributed by atoms with Gasteiger partial charge in [-0.3, -0.25) is 4.90 Å². The molecule has 0 aromatic heterocycles. The average molecular weight is 274 g/mol. The van der Waals surface area contributed by atoms with Gasteiger partial charge in [0.1, 0.15) is 0 Å². The Morgan fingerprint density at radius 3 is 2.65 bits per heavy atom. The number of β-amino-alcohol motifs (C(OH)–C–C–N with tert-alkyl or cyclic N) is 1. The summed E-state index contributed by atoms with van der Waals surface area (Å²) in [4.78, 5) is 2.23. The van der Waals surface area contributed by atoms with Crippen LogP contribution in [0.5, 0.6) is 0 Å². The summed E-state index contributed by atoms with van der Waals surface area (Å²) >= 11 is 0. The molecule has 0 amide bonds. The molecule has 20 heavy (non-hydrogen) atoms. The summed E-state index contributed by atoms with van der Waals surface area (Å²) in [7, 11) is 0. The first kappa shape index (κ1) is 15.0. The van der Waals surface area contributed by atoms with Gasteiger partial charge in [-0.15, -0.1) is 0 Å². The molecular formula is C16H22N2O2. The monoisotopic (exact) mass is 274 g/mol. The molecule has 0 aliphatic carbocycles. The minimum atomic E-state index is -0.538. The van der Waals surface area contributed by atoms with Gasteiger partial charge in [-0.2, -0.15) is 5.26 Å². The van der Waals surface area contributed by atoms with Crippen molar-refractivity contribution in [3.05, 3.63) is 35.4 Å². The van der Waals surface area contributed by atoms with Gasteiger partial charge in [-0.25, -0.2) is 0 Å². The summed E-state index contributed by atoms with van der Waals surface area (Å²) in [5.41, 5.74) is 1.28. The Hall–Kier alpha value is -1.41. The number of hydrogen-bond acceptors (Lipinski definition) is 4. The van der Waals surface area contributed by atoms with Crippen molar-refractivity contribution in [1.82, 2.24) is 4.90 Å². The van der Waals surface area contributed by atoms with Crippen LogP contribution < -0.4 is 0 Å². The van der Waals surface area contributed by atoms with Crippen LogP contribution in [0.25, 0.3) is 0 Å². The maximum atomic E-state index is 10.3. The second-order valence-corrected chi connectivity index (χ2v) is 6.13. The summed E-state index contributed by atoms with van der Waals surface area (Å²) in [6.07, 6.45) is -0.365. The van der Waals surface area contributed by atoms with E-state index in [2.05, 4.69) is 31.7 Å². The largest absolute Gasteiger partial charge is 0.387 e. The van der Waals surface area contributed by atoms with E-state index in [9.17, 15) is 5.11 Å². The fourth-order valence-corrected chi connectivity index (χ4v) is 2.85. The van der Waals surface area contributed by atoms with Crippen molar-refractivity contribution in [1.29, 1.82) is 5.26 Å². The second kappa shape index (κ2) is 5.92. The third kappa shape index (κ3) is 3.80. The van der Waals surface area contributed by atoms with Crippen LogP contribution in [0.1, 0.15) is 38.0 Å². The molecule has 1 saturated heterocycles. The lowest BCUT2D eigenvalue weighted by Crippen LogP contribution is -2.52. The van der Waals surface area contributed by atoms with E-state index in [1.54, 1.807) is 12.1 Å². The molecular weight excluding hydrogens is 252 g/mol. The predicted molar refractivity (Wildman–Crippen MR) is 77.2 cm³/mol. The molecule has 0 bridgehead atoms. The van der Waals surface area contributed by atoms with Gasteiger partial charge in [0.25, 0.3) is 0 Å². The van der Waals surface area contributed by atoms with Crippen LogP contribution in [0.15, 0.2) is 24.3 Å². The summed E-state index contributed by atoms with van der Waals surface area (Å²) in [5, 5.41) is 19.1. The Morgan fingerprint density at radius 2 is 2.10 bits per heavy atom. The van der Waals surface area contributed by atoms with Crippen LogP contribution in [-0.2, 0) is 4.74 Å². The fraction of sp³-hybridized carbons (Fsp3) is 0.562. The number of aliphatic hydroxyl groups is 1. The maximum Gasteiger partial charge on any atom is 0.0991 e. The summed E-state index contributed by atoms with van der Waals surface area (Å²) in [6.45, 7) is 8.43. The molecule has 1 aromatic rings. The van der Waals surface area contributed by atoms with Gasteiger partial charge in [0, 0.05) is 19.6 Å². The Labute approximate surface area is 120 Å². The maximum absolute atomic E-state index is 10.3. The number of morpholine rings is 1. The van der Waals surface area contributed by atoms with E-state index in [1.165, 1.54) is 0 Å². The summed E-state index contributed by atoms with van der Waals surface area (Å²) in [5.74, 6) is 0. The van der Waals surface area contributed by atoms with Crippen molar-refractivity contribution in [2.24, 2.45) is 0 Å². The fourth-order valence-electron chi connectivity index (χ4n) is 2.85. The number of rotatable bonds is 3. The molecule has 0 radical (unpaired) electrons. The molecule has 4 nitrogen and oxygen atoms in total. The smallest absolute Gasteiger partial charge is 0.0991 e. The molecule has 2 atom stereocenters. The van der Waals surface area contributed by atoms with Gasteiger partial charge in [-0.1, -0.05) is 12.1 Å². The summed E-state index contributed by atoms with van der Waals surface area (Å²) in [6, 6.07) is 9.20. The van der Waals surface area contributed by atoms with Gasteiger partial charge in [0.05, 0.1) is 29.4 Å². The van der Waals surface area contributed by atoms with Crippen LogP contribution >= 0.6 is 0 Å². The lowest BCUT2D eigenvalue weighted by molar-refractivity contribution is -0.133. The highest BCUT2D eigenvalue weighted by atomic mass is 16.5. The van der Waals surface area contributed by atoms with Crippen molar-refractivity contribution in [3.63, 3.8) is 0 Å². The molecule has 0 spiro atoms. The first-order chi connectivity index (χ1) is 9.39. The van der Waals surface area contributed by atoms with Crippen molar-refractivity contribution >= 4 is 0 Å². The number of ether oxygens (including phenoxy) is 1. The number of benzene rings is 1. The number of aliphatic hydroxyl groups excluding tert-OH is 1. The first-order valence-corrected chi connectivity index (χ1v) is 6.98. The Morgan fingerprint density at radius 1 is 1.45 bits per heavy atom. The SMILES string of the molecule is CC1CN(CC(O)c2ccc(C#N)cc2)CC(C)(C)O1. The lowest BCUT2D eigenvalue weighted by Gasteiger charge is -2.42. The zero-order valence-electron chi connectivity index (χ0n) is 12.3. The molecule has 1 aliphatic rings. The quantitative estimate of drug-likeness (QED) is 0.917. The number of nitrogens with zero attached hydrogens (tertiary/aromatic N) is 2. The third-order valence-electron chi connectivity index (χ3n) is 3.50. The average Bonchev–Trinajstić information content (AvgIpc) is 2.36. The normalized spacial score (nSPS) is 24.1. The van der Waals surface area contributed by atoms with Crippen molar-refractivity contribution in [2.45, 2.75) is 38.6 Å². The van der Waals surface area contributed by atoms with E-state index in [-0.39, 0.29) is 11.7 Å². The van der Waals surface area contributed by atoms with E-state index in [1.807, 2.05) is 12.1 Å². The highest BCUT2D eigenvalue weighted by molar-refractivity contribution is 5.32. The molecule has 1 heterocycles. The molecule has 108 valence electrons. The van der Waals surface area contributed by atoms with E-state index in [4.69, 9.17) is 10.00 Å². The molecule has 1 aromatic carbocycles. The van der Waals surface area contributed by atoms with Crippen LogP contribution in [0, 0.1) is 11.3 Å². The van der Waals surface area contributed by atoms with Gasteiger partial charge >= 0.3 is 0 Å². The zero-order chi connectivity index (χ0) is 14.8. The van der Waals surface area contributed by atoms with Crippen LogP contribution in [0.4, 0.5) is 0 Å². The second-order valence-electron chi connectivity index (χ2n) is 6.13. The van der Waals surface area contributed by atoms with Gasteiger partial charge in [-0.05, 0) is 38.5 Å². The first-order valence-electron chi connectivity index (χ1n) is 6.98. The minimum Gasteiger partial charge on any atom is -0.387 e. The topological polar surface area (TPSA) is 56.5 Å². The Kier molecular flexibility index (Phi) is 4.44. The van der Waals surface area contributed by atoms with E-state index < -0.39 is 6.10 Å². The Balaban J connectivity index is 2.00. The van der Waals surface area contributed by atoms with E-state index in [0.717, 1.165) is 18.7 Å². The van der Waals surface area contributed by atoms with E-state index >= 15 is 0 Å². The zero-order valence-corrected chi connectivity index (χ0v) is 12.3. The molecule has 1 fully saturated rings. The van der Waals surface area contributed by atoms with E-state index in [0.29, 0.717) is 12.1 Å². The molecule has 1 N–H and O–H groups in total. The van der Waals surface area contributed by atoms with Gasteiger partial charge < -0.3 is 9.84 Å². The van der Waals surface area contributed by atoms with Crippen LogP contribution in [-0.4, -0.2) is 41.3 Å². The highest BCUT2D eigenvalue weighted by Gasteiger charge is 2.32. The van der Waals surface area contributed by atoms with Crippen LogP contribution in [0.2, 0.25) is 0 Å². The Bertz CT molecular complexity index is 490. The molecule has 4 heteroatoms. The minimum absolute atomic E-state index is 0.173. The van der Waals surface area contributed by atoms with Crippen molar-refractivity contribution in [3.8, 4) is 6.07 Å². The lowest BCUT2D eigenvalue weighted by atomic mass is 10.0. The molecule has 0 saturated carbocycles. The molecule has 1 aliphatic heterocycles. The standard InChI is InChI=1S/C16H22N2O2/c1-12-9-18(11-16(2,3)20-12)10-15(19)14-6-4-13(8-17)5-7-14/h4-7,12,15,19H,9-11H2,1-3H3. The molecule has 2 unspecified atom stereocenters. The van der Waals surface area contributed by atoms with Gasteiger partial charge in [0.15, 0.2) is 0 Å². The summed E-state index contributed by atoms with van der Waals surface area (Å²) < 4.78 is 5.86. The van der Waals surface area contributed by atoms with Crippen LogP contribution in [0.3, 0.4) is 0 Å². The van der Waals surface area contributed by atoms with Crippen molar-refractivity contribution in [2.75, 3.05) is 19.6 Å². The van der Waals surface area contributed by atoms with Crippen molar-refractivity contribution < 1.29 is 9.84 Å². The number of nitriles is 1. The molecule has 2 rings (SSSR count). The predicted octanol–water partition coefficient (Wildman–Crippen LogP) is 2.09. The van der Waals surface area contributed by atoms with Gasteiger partial charge in [0.2, 0.25) is 0 Å². The third-order valence-corrected chi connectivity index (χ3v) is 3.50.